The van der Waals surface area contributed by atoms with Crippen LogP contribution < -0.4 is 20.1 Å². The van der Waals surface area contributed by atoms with E-state index >= 15 is 0 Å². The molecule has 2 N–H and O–H groups in total. The monoisotopic (exact) mass is 418 g/mol. The summed E-state index contributed by atoms with van der Waals surface area (Å²) in [6.07, 6.45) is 0. The van der Waals surface area contributed by atoms with Crippen LogP contribution in [0.3, 0.4) is 0 Å². The minimum atomic E-state index is -0.0926. The Bertz CT molecular complexity index is 762. The van der Waals surface area contributed by atoms with Crippen molar-refractivity contribution in [1.29, 1.82) is 0 Å². The summed E-state index contributed by atoms with van der Waals surface area (Å²) in [5.74, 6) is 1.68. The molecular weight excluding hydrogens is 396 g/mol. The van der Waals surface area contributed by atoms with E-state index < -0.39 is 0 Å². The van der Waals surface area contributed by atoms with E-state index in [1.807, 2.05) is 42.5 Å². The van der Waals surface area contributed by atoms with E-state index in [2.05, 4.69) is 40.4 Å². The third kappa shape index (κ3) is 4.69. The van der Waals surface area contributed by atoms with E-state index in [0.717, 1.165) is 27.2 Å². The highest BCUT2D eigenvalue weighted by Crippen LogP contribution is 2.34. The number of ether oxygens (including phenoxy) is 2. The molecule has 2 aromatic carbocycles. The molecule has 1 aliphatic heterocycles. The van der Waals surface area contributed by atoms with Gasteiger partial charge in [-0.2, -0.15) is 0 Å². The summed E-state index contributed by atoms with van der Waals surface area (Å²) < 4.78 is 12.2. The fraction of sp³-hybridized carbons (Fsp3) is 0.350. The lowest BCUT2D eigenvalue weighted by Gasteiger charge is -2.25. The molecular formula is C20H23BrN2O3. The Labute approximate surface area is 162 Å². The topological polar surface area (TPSA) is 59.6 Å². The molecule has 1 atom stereocenters. The van der Waals surface area contributed by atoms with Gasteiger partial charge in [0.05, 0.1) is 12.6 Å². The molecule has 6 heteroatoms. The number of anilines is 1. The third-order valence-corrected chi connectivity index (χ3v) is 4.73. The number of carbonyl (C=O) groups excluding carboxylic acids is 1. The van der Waals surface area contributed by atoms with Gasteiger partial charge in [-0.05, 0) is 47.9 Å². The number of nitrogens with one attached hydrogen (secondary N) is 2. The standard InChI is InChI=1S/C20H23BrN2O3/c1-13(2)20(14-3-8-17-18(11-14)26-10-9-25-17)23-19(24)12-22-16-6-4-15(21)5-7-16/h3-8,11,13,20,22H,9-10,12H2,1-2H3,(H,23,24)/t20-/m1/s1. The molecule has 0 unspecified atom stereocenters. The zero-order valence-electron chi connectivity index (χ0n) is 14.9. The molecule has 0 aliphatic carbocycles. The molecule has 138 valence electrons. The van der Waals surface area contributed by atoms with Gasteiger partial charge < -0.3 is 20.1 Å². The number of halogens is 1. The van der Waals surface area contributed by atoms with Crippen molar-refractivity contribution in [1.82, 2.24) is 5.32 Å². The molecule has 1 aliphatic rings. The summed E-state index contributed by atoms with van der Waals surface area (Å²) in [6, 6.07) is 13.5. The predicted octanol–water partition coefficient (Wildman–Crippen LogP) is 4.15. The molecule has 2 aromatic rings. The molecule has 26 heavy (non-hydrogen) atoms. The first-order valence-corrected chi connectivity index (χ1v) is 9.50. The number of fused-ring (bicyclic) bond motifs is 1. The number of benzene rings is 2. The molecule has 0 aromatic heterocycles. The molecule has 0 saturated heterocycles. The molecule has 0 radical (unpaired) electrons. The van der Waals surface area contributed by atoms with Crippen LogP contribution in [0.4, 0.5) is 5.69 Å². The Morgan fingerprint density at radius 1 is 1.08 bits per heavy atom. The van der Waals surface area contributed by atoms with Crippen molar-refractivity contribution in [2.45, 2.75) is 19.9 Å². The quantitative estimate of drug-likeness (QED) is 0.739. The van der Waals surface area contributed by atoms with Crippen molar-refractivity contribution in [3.05, 3.63) is 52.5 Å². The van der Waals surface area contributed by atoms with Crippen LogP contribution in [0, 0.1) is 5.92 Å². The van der Waals surface area contributed by atoms with Gasteiger partial charge in [-0.15, -0.1) is 0 Å². The van der Waals surface area contributed by atoms with E-state index in [1.165, 1.54) is 0 Å². The Morgan fingerprint density at radius 2 is 1.77 bits per heavy atom. The van der Waals surface area contributed by atoms with Gasteiger partial charge in [0, 0.05) is 10.2 Å². The predicted molar refractivity (Wildman–Crippen MR) is 106 cm³/mol. The van der Waals surface area contributed by atoms with Crippen LogP contribution in [0.25, 0.3) is 0 Å². The molecule has 0 bridgehead atoms. The van der Waals surface area contributed by atoms with Crippen LogP contribution in [0.5, 0.6) is 11.5 Å². The second-order valence-corrected chi connectivity index (χ2v) is 7.47. The van der Waals surface area contributed by atoms with Crippen molar-refractivity contribution in [3.8, 4) is 11.5 Å². The van der Waals surface area contributed by atoms with E-state index in [0.29, 0.717) is 13.2 Å². The Kier molecular flexibility index (Phi) is 6.04. The smallest absolute Gasteiger partial charge is 0.239 e. The van der Waals surface area contributed by atoms with Crippen molar-refractivity contribution in [3.63, 3.8) is 0 Å². The van der Waals surface area contributed by atoms with Crippen molar-refractivity contribution in [2.75, 3.05) is 25.1 Å². The minimum Gasteiger partial charge on any atom is -0.486 e. The van der Waals surface area contributed by atoms with Gasteiger partial charge in [-0.25, -0.2) is 0 Å². The summed E-state index contributed by atoms with van der Waals surface area (Å²) in [5.41, 5.74) is 1.92. The molecule has 0 fully saturated rings. The number of rotatable bonds is 6. The van der Waals surface area contributed by atoms with E-state index in [1.54, 1.807) is 0 Å². The highest BCUT2D eigenvalue weighted by atomic mass is 79.9. The Hall–Kier alpha value is -2.21. The van der Waals surface area contributed by atoms with E-state index in [9.17, 15) is 4.79 Å². The zero-order chi connectivity index (χ0) is 18.5. The maximum atomic E-state index is 12.4. The van der Waals surface area contributed by atoms with Crippen LogP contribution >= 0.6 is 15.9 Å². The van der Waals surface area contributed by atoms with Crippen LogP contribution in [0.15, 0.2) is 46.9 Å². The van der Waals surface area contributed by atoms with Crippen LogP contribution in [0.2, 0.25) is 0 Å². The van der Waals surface area contributed by atoms with Crippen molar-refractivity contribution in [2.24, 2.45) is 5.92 Å². The van der Waals surface area contributed by atoms with E-state index in [4.69, 9.17) is 9.47 Å². The Balaban J connectivity index is 1.64. The zero-order valence-corrected chi connectivity index (χ0v) is 16.5. The van der Waals surface area contributed by atoms with Crippen molar-refractivity contribution < 1.29 is 14.3 Å². The van der Waals surface area contributed by atoms with Gasteiger partial charge in [0.1, 0.15) is 13.2 Å². The van der Waals surface area contributed by atoms with Crippen LogP contribution in [-0.2, 0) is 4.79 Å². The molecule has 0 spiro atoms. The molecule has 3 rings (SSSR count). The lowest BCUT2D eigenvalue weighted by molar-refractivity contribution is -0.120. The van der Waals surface area contributed by atoms with Crippen LogP contribution in [-0.4, -0.2) is 25.7 Å². The Morgan fingerprint density at radius 3 is 2.46 bits per heavy atom. The van der Waals surface area contributed by atoms with Crippen molar-refractivity contribution >= 4 is 27.5 Å². The molecule has 0 saturated carbocycles. The lowest BCUT2D eigenvalue weighted by atomic mass is 9.95. The summed E-state index contributed by atoms with van der Waals surface area (Å²) in [6.45, 7) is 5.51. The fourth-order valence-electron chi connectivity index (χ4n) is 2.86. The van der Waals surface area contributed by atoms with Gasteiger partial charge in [0.2, 0.25) is 5.91 Å². The first kappa shape index (κ1) is 18.6. The normalized spacial score (nSPS) is 14.0. The van der Waals surface area contributed by atoms with Crippen LogP contribution in [0.1, 0.15) is 25.5 Å². The van der Waals surface area contributed by atoms with E-state index in [-0.39, 0.29) is 24.4 Å². The summed E-state index contributed by atoms with van der Waals surface area (Å²) in [7, 11) is 0. The fourth-order valence-corrected chi connectivity index (χ4v) is 3.13. The molecule has 1 amide bonds. The summed E-state index contributed by atoms with van der Waals surface area (Å²) >= 11 is 3.40. The SMILES string of the molecule is CC(C)[C@@H](NC(=O)CNc1ccc(Br)cc1)c1ccc2c(c1)OCCO2. The second-order valence-electron chi connectivity index (χ2n) is 6.55. The maximum Gasteiger partial charge on any atom is 0.239 e. The minimum absolute atomic E-state index is 0.0542. The first-order chi connectivity index (χ1) is 12.5. The average molecular weight is 419 g/mol. The summed E-state index contributed by atoms with van der Waals surface area (Å²) in [5, 5.41) is 6.25. The number of amides is 1. The largest absolute Gasteiger partial charge is 0.486 e. The molecule has 5 nitrogen and oxygen atoms in total. The first-order valence-electron chi connectivity index (χ1n) is 8.71. The highest BCUT2D eigenvalue weighted by molar-refractivity contribution is 9.10. The second kappa shape index (κ2) is 8.45. The van der Waals surface area contributed by atoms with Gasteiger partial charge in [0.15, 0.2) is 11.5 Å². The third-order valence-electron chi connectivity index (χ3n) is 4.21. The molecule has 1 heterocycles. The maximum absolute atomic E-state index is 12.4. The number of carbonyl (C=O) groups is 1. The average Bonchev–Trinajstić information content (AvgIpc) is 2.65. The van der Waals surface area contributed by atoms with Gasteiger partial charge in [-0.3, -0.25) is 4.79 Å². The van der Waals surface area contributed by atoms with Gasteiger partial charge >= 0.3 is 0 Å². The van der Waals surface area contributed by atoms with Gasteiger partial charge in [0.25, 0.3) is 0 Å². The number of hydrogen-bond donors (Lipinski definition) is 2. The highest BCUT2D eigenvalue weighted by Gasteiger charge is 2.21. The van der Waals surface area contributed by atoms with Gasteiger partial charge in [-0.1, -0.05) is 35.8 Å². The summed E-state index contributed by atoms with van der Waals surface area (Å²) in [4.78, 5) is 12.4. The lowest BCUT2D eigenvalue weighted by Crippen LogP contribution is -2.35. The number of hydrogen-bond acceptors (Lipinski definition) is 4.